The van der Waals surface area contributed by atoms with Gasteiger partial charge in [-0.1, -0.05) is 30.3 Å². The van der Waals surface area contributed by atoms with Crippen molar-refractivity contribution in [1.29, 1.82) is 0 Å². The van der Waals surface area contributed by atoms with E-state index in [1.165, 1.54) is 5.56 Å². The molecule has 0 radical (unpaired) electrons. The van der Waals surface area contributed by atoms with Crippen LogP contribution in [0.15, 0.2) is 30.3 Å². The van der Waals surface area contributed by atoms with E-state index in [1.54, 1.807) is 0 Å². The Hall–Kier alpha value is -0.860. The molecule has 1 atom stereocenters. The van der Waals surface area contributed by atoms with Crippen molar-refractivity contribution in [1.82, 2.24) is 0 Å². The standard InChI is InChI=1S/C14H24NO/c1-4-15(5-2,11-13(3)16)12-14-9-7-6-8-10-14/h6-10,13,16H,4-5,11-12H2,1-3H3/q+1. The van der Waals surface area contributed by atoms with E-state index in [-0.39, 0.29) is 6.10 Å². The molecule has 16 heavy (non-hydrogen) atoms. The van der Waals surface area contributed by atoms with Gasteiger partial charge in [-0.25, -0.2) is 0 Å². The van der Waals surface area contributed by atoms with Gasteiger partial charge in [0.05, 0.1) is 13.1 Å². The van der Waals surface area contributed by atoms with Crippen LogP contribution in [0, 0.1) is 0 Å². The first kappa shape index (κ1) is 13.2. The predicted molar refractivity (Wildman–Crippen MR) is 68.0 cm³/mol. The zero-order valence-corrected chi connectivity index (χ0v) is 10.7. The smallest absolute Gasteiger partial charge is 0.105 e. The van der Waals surface area contributed by atoms with Gasteiger partial charge in [0, 0.05) is 5.56 Å². The highest BCUT2D eigenvalue weighted by Gasteiger charge is 2.25. The summed E-state index contributed by atoms with van der Waals surface area (Å²) in [5.74, 6) is 0. The molecule has 0 saturated carbocycles. The quantitative estimate of drug-likeness (QED) is 0.733. The van der Waals surface area contributed by atoms with Crippen LogP contribution in [0.25, 0.3) is 0 Å². The Morgan fingerprint density at radius 3 is 2.12 bits per heavy atom. The Morgan fingerprint density at radius 1 is 1.12 bits per heavy atom. The first-order valence-electron chi connectivity index (χ1n) is 6.19. The summed E-state index contributed by atoms with van der Waals surface area (Å²) in [7, 11) is 0. The summed E-state index contributed by atoms with van der Waals surface area (Å²) in [6.07, 6.45) is -0.233. The Labute approximate surface area is 99.1 Å². The van der Waals surface area contributed by atoms with Crippen LogP contribution in [0.3, 0.4) is 0 Å². The summed E-state index contributed by atoms with van der Waals surface area (Å²) < 4.78 is 0.960. The zero-order valence-electron chi connectivity index (χ0n) is 10.7. The molecule has 1 rings (SSSR count). The minimum absolute atomic E-state index is 0.233. The van der Waals surface area contributed by atoms with Gasteiger partial charge in [0.25, 0.3) is 0 Å². The van der Waals surface area contributed by atoms with Gasteiger partial charge in [0.1, 0.15) is 19.2 Å². The second-order valence-electron chi connectivity index (χ2n) is 4.65. The summed E-state index contributed by atoms with van der Waals surface area (Å²) in [6, 6.07) is 10.5. The molecule has 1 aromatic carbocycles. The monoisotopic (exact) mass is 222 g/mol. The second kappa shape index (κ2) is 6.02. The molecule has 1 unspecified atom stereocenters. The van der Waals surface area contributed by atoms with Crippen LogP contribution < -0.4 is 0 Å². The molecule has 0 aliphatic carbocycles. The molecular formula is C14H24NO+. The fourth-order valence-corrected chi connectivity index (χ4v) is 2.30. The molecule has 90 valence electrons. The second-order valence-corrected chi connectivity index (χ2v) is 4.65. The minimum Gasteiger partial charge on any atom is -0.388 e. The number of benzene rings is 1. The zero-order chi connectivity index (χ0) is 12.0. The molecule has 0 aliphatic rings. The third kappa shape index (κ3) is 3.62. The molecule has 2 nitrogen and oxygen atoms in total. The fourth-order valence-electron chi connectivity index (χ4n) is 2.30. The number of hydrogen-bond donors (Lipinski definition) is 1. The Balaban J connectivity index is 2.78. The third-order valence-electron chi connectivity index (χ3n) is 3.35. The molecular weight excluding hydrogens is 198 g/mol. The number of aliphatic hydroxyl groups excluding tert-OH is 1. The maximum absolute atomic E-state index is 9.61. The van der Waals surface area contributed by atoms with Crippen LogP contribution in [-0.4, -0.2) is 35.3 Å². The number of likely N-dealkylation sites (N-methyl/N-ethyl adjacent to an activating group) is 1. The van der Waals surface area contributed by atoms with Crippen molar-refractivity contribution in [3.63, 3.8) is 0 Å². The van der Waals surface area contributed by atoms with E-state index < -0.39 is 0 Å². The van der Waals surface area contributed by atoms with Crippen molar-refractivity contribution in [3.8, 4) is 0 Å². The predicted octanol–water partition coefficient (Wildman–Crippen LogP) is 2.42. The highest BCUT2D eigenvalue weighted by atomic mass is 16.3. The number of hydrogen-bond acceptors (Lipinski definition) is 1. The first-order chi connectivity index (χ1) is 7.62. The molecule has 0 spiro atoms. The number of quaternary nitrogens is 1. The highest BCUT2D eigenvalue weighted by Crippen LogP contribution is 2.15. The maximum Gasteiger partial charge on any atom is 0.105 e. The Morgan fingerprint density at radius 2 is 1.69 bits per heavy atom. The molecule has 0 amide bonds. The van der Waals surface area contributed by atoms with Gasteiger partial charge in [-0.05, 0) is 20.8 Å². The van der Waals surface area contributed by atoms with Crippen LogP contribution in [0.5, 0.6) is 0 Å². The van der Waals surface area contributed by atoms with Crippen LogP contribution in [-0.2, 0) is 6.54 Å². The van der Waals surface area contributed by atoms with E-state index in [0.29, 0.717) is 0 Å². The van der Waals surface area contributed by atoms with Gasteiger partial charge in [-0.3, -0.25) is 0 Å². The average molecular weight is 222 g/mol. The lowest BCUT2D eigenvalue weighted by Crippen LogP contribution is -2.50. The molecule has 1 aromatic rings. The fraction of sp³-hybridized carbons (Fsp3) is 0.571. The Kier molecular flexibility index (Phi) is 4.97. The van der Waals surface area contributed by atoms with E-state index in [0.717, 1.165) is 30.7 Å². The van der Waals surface area contributed by atoms with Crippen molar-refractivity contribution >= 4 is 0 Å². The first-order valence-corrected chi connectivity index (χ1v) is 6.19. The number of nitrogens with zero attached hydrogens (tertiary/aromatic N) is 1. The molecule has 0 bridgehead atoms. The molecule has 0 heterocycles. The number of aliphatic hydroxyl groups is 1. The van der Waals surface area contributed by atoms with Gasteiger partial charge < -0.3 is 9.59 Å². The maximum atomic E-state index is 9.61. The van der Waals surface area contributed by atoms with Gasteiger partial charge in [-0.2, -0.15) is 0 Å². The normalized spacial score (nSPS) is 13.8. The largest absolute Gasteiger partial charge is 0.388 e. The summed E-state index contributed by atoms with van der Waals surface area (Å²) >= 11 is 0. The van der Waals surface area contributed by atoms with Gasteiger partial charge in [-0.15, -0.1) is 0 Å². The van der Waals surface area contributed by atoms with Gasteiger partial charge in [0.2, 0.25) is 0 Å². The van der Waals surface area contributed by atoms with E-state index in [4.69, 9.17) is 0 Å². The van der Waals surface area contributed by atoms with E-state index in [9.17, 15) is 5.11 Å². The lowest BCUT2D eigenvalue weighted by molar-refractivity contribution is -0.940. The van der Waals surface area contributed by atoms with Crippen molar-refractivity contribution in [2.75, 3.05) is 19.6 Å². The van der Waals surface area contributed by atoms with E-state index in [2.05, 4.69) is 38.1 Å². The minimum atomic E-state index is -0.233. The van der Waals surface area contributed by atoms with Crippen LogP contribution in [0.2, 0.25) is 0 Å². The summed E-state index contributed by atoms with van der Waals surface area (Å²) in [5, 5.41) is 9.61. The van der Waals surface area contributed by atoms with Gasteiger partial charge in [0.15, 0.2) is 0 Å². The van der Waals surface area contributed by atoms with Crippen molar-refractivity contribution in [3.05, 3.63) is 35.9 Å². The van der Waals surface area contributed by atoms with Crippen molar-refractivity contribution in [2.45, 2.75) is 33.4 Å². The Bertz CT molecular complexity index is 291. The van der Waals surface area contributed by atoms with Crippen LogP contribution >= 0.6 is 0 Å². The highest BCUT2D eigenvalue weighted by molar-refractivity contribution is 5.13. The summed E-state index contributed by atoms with van der Waals surface area (Å²) in [4.78, 5) is 0. The molecule has 0 aromatic heterocycles. The van der Waals surface area contributed by atoms with Crippen molar-refractivity contribution in [2.24, 2.45) is 0 Å². The van der Waals surface area contributed by atoms with Crippen LogP contribution in [0.4, 0.5) is 0 Å². The van der Waals surface area contributed by atoms with E-state index in [1.807, 2.05) is 13.0 Å². The van der Waals surface area contributed by atoms with E-state index >= 15 is 0 Å². The molecule has 0 aliphatic heterocycles. The topological polar surface area (TPSA) is 20.2 Å². The molecule has 2 heteroatoms. The molecule has 1 N–H and O–H groups in total. The summed E-state index contributed by atoms with van der Waals surface area (Å²) in [5.41, 5.74) is 1.35. The lowest BCUT2D eigenvalue weighted by atomic mass is 10.1. The SMILES string of the molecule is CC[N+](CC)(Cc1ccccc1)CC(C)O. The number of rotatable bonds is 6. The average Bonchev–Trinajstić information content (AvgIpc) is 2.29. The van der Waals surface area contributed by atoms with Crippen LogP contribution in [0.1, 0.15) is 26.3 Å². The third-order valence-corrected chi connectivity index (χ3v) is 3.35. The lowest BCUT2D eigenvalue weighted by Gasteiger charge is -2.38. The molecule has 0 fully saturated rings. The van der Waals surface area contributed by atoms with Crippen molar-refractivity contribution < 1.29 is 9.59 Å². The summed E-state index contributed by atoms with van der Waals surface area (Å²) in [6.45, 7) is 10.3. The molecule has 0 saturated heterocycles. The van der Waals surface area contributed by atoms with Gasteiger partial charge >= 0.3 is 0 Å².